The number of nitrogens with zero attached hydrogens (tertiary/aromatic N) is 7. The van der Waals surface area contributed by atoms with Gasteiger partial charge in [-0.1, -0.05) is 0 Å². The Hall–Kier alpha value is -1.87. The smallest absolute Gasteiger partial charge is 0.233 e. The van der Waals surface area contributed by atoms with Gasteiger partial charge in [0.05, 0.1) is 26.6 Å². The molecular weight excluding hydrogens is 737 g/mol. The molecule has 0 saturated carbocycles. The summed E-state index contributed by atoms with van der Waals surface area (Å²) < 4.78 is 5.88. The average molecular weight is 825 g/mol. The van der Waals surface area contributed by atoms with Crippen LogP contribution in [0.3, 0.4) is 0 Å². The van der Waals surface area contributed by atoms with Gasteiger partial charge in [-0.3, -0.25) is 10.2 Å². The average Bonchev–Trinajstić information content (AvgIpc) is 3.02. The third kappa shape index (κ3) is 12.4. The predicted octanol–water partition coefficient (Wildman–Crippen LogP) is 5.99. The first-order chi connectivity index (χ1) is 26.9. The zero-order valence-corrected chi connectivity index (χ0v) is 40.7. The van der Waals surface area contributed by atoms with Crippen molar-refractivity contribution < 1.29 is 4.74 Å². The monoisotopic (exact) mass is 825 g/mol. The largest absolute Gasteiger partial charge is 0.378 e. The van der Waals surface area contributed by atoms with Crippen LogP contribution in [-0.2, 0) is 4.74 Å². The van der Waals surface area contributed by atoms with Gasteiger partial charge in [0, 0.05) is 81.6 Å². The number of hydrogen-bond donors (Lipinski definition) is 5. The first-order valence-electron chi connectivity index (χ1n) is 23.1. The quantitative estimate of drug-likeness (QED) is 0.168. The van der Waals surface area contributed by atoms with E-state index in [0.29, 0.717) is 32.0 Å². The van der Waals surface area contributed by atoms with Gasteiger partial charge in [-0.2, -0.15) is 15.0 Å². The summed E-state index contributed by atoms with van der Waals surface area (Å²) in [5.41, 5.74) is -0.0583. The van der Waals surface area contributed by atoms with Crippen molar-refractivity contribution in [2.24, 2.45) is 0 Å². The first kappa shape index (κ1) is 46.6. The molecule has 0 atom stereocenters. The molecule has 5 aliphatic heterocycles. The van der Waals surface area contributed by atoms with E-state index in [0.717, 1.165) is 89.0 Å². The number of anilines is 3. The molecule has 0 amide bonds. The maximum absolute atomic E-state index is 5.88. The molecule has 0 aromatic carbocycles. The van der Waals surface area contributed by atoms with Crippen LogP contribution in [0.25, 0.3) is 0 Å². The lowest BCUT2D eigenvalue weighted by Gasteiger charge is -2.52. The van der Waals surface area contributed by atoms with Gasteiger partial charge in [0.1, 0.15) is 0 Å². The zero-order chi connectivity index (χ0) is 43.6. The Morgan fingerprint density at radius 3 is 1.31 bits per heavy atom. The Bertz CT molecular complexity index is 1530. The summed E-state index contributed by atoms with van der Waals surface area (Å²) in [6.07, 6.45) is 8.22. The summed E-state index contributed by atoms with van der Waals surface area (Å²) in [4.78, 5) is 26.7. The molecular formula is C46H88N12O. The molecule has 338 valence electrons. The van der Waals surface area contributed by atoms with Crippen LogP contribution in [0.15, 0.2) is 0 Å². The van der Waals surface area contributed by atoms with Gasteiger partial charge in [0.2, 0.25) is 17.8 Å². The van der Waals surface area contributed by atoms with Crippen molar-refractivity contribution >= 4 is 17.8 Å². The molecule has 0 spiro atoms. The van der Waals surface area contributed by atoms with E-state index in [9.17, 15) is 0 Å². The minimum absolute atomic E-state index is 0.0363. The number of piperidine rings is 4. The summed E-state index contributed by atoms with van der Waals surface area (Å²) in [5, 5.41) is 19.8. The second kappa shape index (κ2) is 16.4. The Balaban J connectivity index is 1.46. The third-order valence-corrected chi connectivity index (χ3v) is 13.5. The van der Waals surface area contributed by atoms with E-state index in [1.807, 2.05) is 0 Å². The van der Waals surface area contributed by atoms with Gasteiger partial charge >= 0.3 is 0 Å². The summed E-state index contributed by atoms with van der Waals surface area (Å²) in [6, 6.07) is 1.21. The van der Waals surface area contributed by atoms with Gasteiger partial charge in [-0.05, 0) is 169 Å². The lowest BCUT2D eigenvalue weighted by molar-refractivity contribution is 0.0757. The molecule has 5 aliphatic rings. The lowest BCUT2D eigenvalue weighted by Crippen LogP contribution is -2.65. The molecule has 0 bridgehead atoms. The summed E-state index contributed by atoms with van der Waals surface area (Å²) in [5.74, 6) is 2.33. The van der Waals surface area contributed by atoms with Crippen LogP contribution < -0.4 is 41.3 Å². The van der Waals surface area contributed by atoms with Crippen molar-refractivity contribution in [3.8, 4) is 0 Å². The van der Waals surface area contributed by atoms with E-state index >= 15 is 0 Å². The molecule has 5 N–H and O–H groups in total. The lowest BCUT2D eigenvalue weighted by atomic mass is 9.78. The second-order valence-electron chi connectivity index (χ2n) is 24.9. The summed E-state index contributed by atoms with van der Waals surface area (Å²) in [7, 11) is 2.33. The third-order valence-electron chi connectivity index (χ3n) is 13.5. The highest BCUT2D eigenvalue weighted by Crippen LogP contribution is 2.38. The molecule has 0 radical (unpaired) electrons. The molecule has 13 heteroatoms. The highest BCUT2D eigenvalue weighted by molar-refractivity contribution is 5.48. The number of nitrogens with one attached hydrogen (secondary N) is 5. The van der Waals surface area contributed by atoms with Gasteiger partial charge in [-0.15, -0.1) is 0 Å². The molecule has 13 nitrogen and oxygen atoms in total. The fraction of sp³-hybridized carbons (Fsp3) is 0.935. The van der Waals surface area contributed by atoms with Crippen LogP contribution in [0.1, 0.15) is 162 Å². The molecule has 1 aromatic heterocycles. The molecule has 1 aromatic rings. The van der Waals surface area contributed by atoms with E-state index in [4.69, 9.17) is 19.7 Å². The number of aromatic nitrogens is 3. The SMILES string of the molecule is CN(CN(c1nc(N2CCOCC2)nc(N(CNC2CC(C)(C)NC(C)(C)C2)C2CC(C)(C)NC(C)(C)C2)n1)C1CC(C)(C)NC(C)(C)C1)C1CC(C)(C)NC(C)(C)C1. The fourth-order valence-electron chi connectivity index (χ4n) is 12.8. The number of morpholine rings is 1. The molecule has 59 heavy (non-hydrogen) atoms. The van der Waals surface area contributed by atoms with Crippen molar-refractivity contribution in [3.05, 3.63) is 0 Å². The minimum atomic E-state index is -0.0521. The predicted molar refractivity (Wildman–Crippen MR) is 246 cm³/mol. The van der Waals surface area contributed by atoms with Crippen molar-refractivity contribution in [2.75, 3.05) is 61.4 Å². The Morgan fingerprint density at radius 1 is 0.525 bits per heavy atom. The molecule has 6 rings (SSSR count). The number of hydrogen-bond acceptors (Lipinski definition) is 13. The van der Waals surface area contributed by atoms with E-state index in [1.165, 1.54) is 0 Å². The van der Waals surface area contributed by atoms with Crippen LogP contribution in [-0.4, -0.2) is 135 Å². The molecule has 6 heterocycles. The highest BCUT2D eigenvalue weighted by Gasteiger charge is 2.46. The number of ether oxygens (including phenoxy) is 1. The molecule has 5 fully saturated rings. The maximum atomic E-state index is 5.88. The van der Waals surface area contributed by atoms with Crippen LogP contribution in [0, 0.1) is 0 Å². The zero-order valence-electron chi connectivity index (χ0n) is 40.7. The number of rotatable bonds is 11. The normalized spacial score (nSPS) is 28.1. The Kier molecular flexibility index (Phi) is 12.9. The standard InChI is InChI=1S/C46H88N12O/c1-39(2)22-32(23-40(3,4)51-39)47-30-57(34-26-43(9,10)53-44(11,12)27-34)37-48-36(56-18-20-59-21-19-56)49-38(50-37)58(35-28-45(13,14)54-46(15,16)29-35)31-55(17)33-24-41(5,6)52-42(7,8)25-33/h32-35,47,51-54H,18-31H2,1-17H3. The van der Waals surface area contributed by atoms with Gasteiger partial charge < -0.3 is 40.7 Å². The molecule has 5 saturated heterocycles. The second-order valence-corrected chi connectivity index (χ2v) is 24.9. The fourth-order valence-corrected chi connectivity index (χ4v) is 12.8. The van der Waals surface area contributed by atoms with Crippen LogP contribution in [0.2, 0.25) is 0 Å². The molecule has 0 aliphatic carbocycles. The van der Waals surface area contributed by atoms with Crippen molar-refractivity contribution in [1.29, 1.82) is 0 Å². The van der Waals surface area contributed by atoms with Crippen LogP contribution >= 0.6 is 0 Å². The van der Waals surface area contributed by atoms with E-state index in [1.54, 1.807) is 0 Å². The summed E-state index contributed by atoms with van der Waals surface area (Å²) in [6.45, 7) is 41.9. The van der Waals surface area contributed by atoms with E-state index < -0.39 is 0 Å². The molecule has 0 unspecified atom stereocenters. The summed E-state index contributed by atoms with van der Waals surface area (Å²) >= 11 is 0. The Morgan fingerprint density at radius 2 is 0.881 bits per heavy atom. The Labute approximate surface area is 360 Å². The van der Waals surface area contributed by atoms with Gasteiger partial charge in [0.15, 0.2) is 0 Å². The topological polar surface area (TPSA) is 121 Å². The van der Waals surface area contributed by atoms with Crippen molar-refractivity contribution in [3.63, 3.8) is 0 Å². The van der Waals surface area contributed by atoms with E-state index in [-0.39, 0.29) is 56.4 Å². The minimum Gasteiger partial charge on any atom is -0.378 e. The van der Waals surface area contributed by atoms with Crippen LogP contribution in [0.5, 0.6) is 0 Å². The van der Waals surface area contributed by atoms with Crippen LogP contribution in [0.4, 0.5) is 17.8 Å². The van der Waals surface area contributed by atoms with Crippen molar-refractivity contribution in [2.45, 2.75) is 231 Å². The highest BCUT2D eigenvalue weighted by atomic mass is 16.5. The van der Waals surface area contributed by atoms with Crippen molar-refractivity contribution in [1.82, 2.24) is 46.4 Å². The van der Waals surface area contributed by atoms with E-state index in [2.05, 4.69) is 164 Å². The van der Waals surface area contributed by atoms with Gasteiger partial charge in [0.25, 0.3) is 0 Å². The van der Waals surface area contributed by atoms with Gasteiger partial charge in [-0.25, -0.2) is 0 Å². The maximum Gasteiger partial charge on any atom is 0.233 e. The first-order valence-corrected chi connectivity index (χ1v) is 23.1.